The Morgan fingerprint density at radius 1 is 1.52 bits per heavy atom. The molecule has 1 aliphatic rings. The third kappa shape index (κ3) is 4.24. The van der Waals surface area contributed by atoms with Gasteiger partial charge >= 0.3 is 0 Å². The Bertz CT molecular complexity index is 832. The molecule has 0 spiro atoms. The number of amides is 1. The van der Waals surface area contributed by atoms with Crippen LogP contribution in [0.3, 0.4) is 0 Å². The molecular weight excluding hydrogens is 382 g/mol. The molecule has 1 fully saturated rings. The molecule has 0 aliphatic carbocycles. The third-order valence-electron chi connectivity index (χ3n) is 4.04. The molecule has 2 aromatic rings. The first-order valence-corrected chi connectivity index (χ1v) is 11.5. The fourth-order valence-corrected chi connectivity index (χ4v) is 5.94. The van der Waals surface area contributed by atoms with Crippen LogP contribution in [0.5, 0.6) is 0 Å². The average Bonchev–Trinajstić information content (AvgIpc) is 3.28. The monoisotopic (exact) mass is 401 g/mol. The smallest absolute Gasteiger partial charge is 0.277 e. The Balaban J connectivity index is 1.65. The van der Waals surface area contributed by atoms with E-state index in [4.69, 9.17) is 4.42 Å². The number of aromatic nitrogens is 2. The van der Waals surface area contributed by atoms with E-state index in [9.17, 15) is 13.2 Å². The van der Waals surface area contributed by atoms with Crippen molar-refractivity contribution in [3.8, 4) is 10.8 Å². The SMILES string of the molecule is CCN(C(=O)[C@H](C)Sc1nnc(-c2cccs2)o1)[C@H]1CCS(=O)(=O)C1. The van der Waals surface area contributed by atoms with E-state index in [-0.39, 0.29) is 23.5 Å². The number of thiophene rings is 1. The number of thioether (sulfide) groups is 1. The number of hydrogen-bond acceptors (Lipinski definition) is 8. The number of rotatable bonds is 6. The summed E-state index contributed by atoms with van der Waals surface area (Å²) >= 11 is 2.70. The van der Waals surface area contributed by atoms with Gasteiger partial charge in [0.25, 0.3) is 11.1 Å². The predicted octanol–water partition coefficient (Wildman–Crippen LogP) is 2.31. The molecule has 1 aliphatic heterocycles. The van der Waals surface area contributed by atoms with Crippen molar-refractivity contribution < 1.29 is 17.6 Å². The van der Waals surface area contributed by atoms with E-state index in [0.29, 0.717) is 24.1 Å². The van der Waals surface area contributed by atoms with Gasteiger partial charge in [0, 0.05) is 12.6 Å². The van der Waals surface area contributed by atoms with Crippen molar-refractivity contribution in [2.75, 3.05) is 18.1 Å². The zero-order valence-electron chi connectivity index (χ0n) is 13.9. The second-order valence-corrected chi connectivity index (χ2v) is 10.3. The minimum atomic E-state index is -3.03. The van der Waals surface area contributed by atoms with Gasteiger partial charge in [0.1, 0.15) is 0 Å². The van der Waals surface area contributed by atoms with Gasteiger partial charge in [0.2, 0.25) is 5.91 Å². The van der Waals surface area contributed by atoms with Crippen LogP contribution in [0.1, 0.15) is 20.3 Å². The molecule has 1 saturated heterocycles. The first-order valence-electron chi connectivity index (χ1n) is 7.94. The van der Waals surface area contributed by atoms with Crippen molar-refractivity contribution >= 4 is 38.8 Å². The third-order valence-corrected chi connectivity index (χ3v) is 7.57. The Morgan fingerprint density at radius 2 is 2.32 bits per heavy atom. The lowest BCUT2D eigenvalue weighted by atomic mass is 10.2. The summed E-state index contributed by atoms with van der Waals surface area (Å²) in [6.07, 6.45) is 0.502. The Kier molecular flexibility index (Phi) is 5.49. The maximum absolute atomic E-state index is 12.7. The highest BCUT2D eigenvalue weighted by Crippen LogP contribution is 2.30. The van der Waals surface area contributed by atoms with Crippen LogP contribution in [0.15, 0.2) is 27.2 Å². The van der Waals surface area contributed by atoms with Gasteiger partial charge in [-0.1, -0.05) is 17.8 Å². The first-order chi connectivity index (χ1) is 11.9. The lowest BCUT2D eigenvalue weighted by Crippen LogP contribution is -2.44. The number of carbonyl (C=O) groups is 1. The number of hydrogen-bond donors (Lipinski definition) is 0. The van der Waals surface area contributed by atoms with Crippen molar-refractivity contribution in [1.29, 1.82) is 0 Å². The first kappa shape index (κ1) is 18.4. The molecule has 0 radical (unpaired) electrons. The van der Waals surface area contributed by atoms with Gasteiger partial charge in [0.05, 0.1) is 21.6 Å². The largest absolute Gasteiger partial charge is 0.410 e. The van der Waals surface area contributed by atoms with E-state index in [2.05, 4.69) is 10.2 Å². The minimum absolute atomic E-state index is 0.0487. The van der Waals surface area contributed by atoms with Crippen LogP contribution in [-0.2, 0) is 14.6 Å². The summed E-state index contributed by atoms with van der Waals surface area (Å²) in [7, 11) is -3.03. The standard InChI is InChI=1S/C15H19N3O4S3/c1-3-18(11-6-8-25(20,21)9-11)14(19)10(2)24-15-17-16-13(22-15)12-5-4-7-23-12/h4-5,7,10-11H,3,6,8-9H2,1-2H3/t10-,11-/m0/s1. The minimum Gasteiger partial charge on any atom is -0.410 e. The van der Waals surface area contributed by atoms with Crippen LogP contribution in [-0.4, -0.2) is 58.8 Å². The molecule has 7 nitrogen and oxygen atoms in total. The van der Waals surface area contributed by atoms with Gasteiger partial charge in [0.15, 0.2) is 9.84 Å². The molecule has 2 aromatic heterocycles. The molecule has 1 amide bonds. The van der Waals surface area contributed by atoms with Crippen LogP contribution in [0, 0.1) is 0 Å². The van der Waals surface area contributed by atoms with Crippen molar-refractivity contribution in [3.63, 3.8) is 0 Å². The maximum atomic E-state index is 12.7. The van der Waals surface area contributed by atoms with E-state index < -0.39 is 15.1 Å². The van der Waals surface area contributed by atoms with Gasteiger partial charge in [-0.15, -0.1) is 21.5 Å². The van der Waals surface area contributed by atoms with Gasteiger partial charge in [-0.3, -0.25) is 4.79 Å². The molecule has 0 unspecified atom stereocenters. The highest BCUT2D eigenvalue weighted by Gasteiger charge is 2.35. The fourth-order valence-electron chi connectivity index (χ4n) is 2.81. The van der Waals surface area contributed by atoms with Crippen LogP contribution < -0.4 is 0 Å². The van der Waals surface area contributed by atoms with E-state index in [1.807, 2.05) is 24.4 Å². The highest BCUT2D eigenvalue weighted by atomic mass is 32.2. The predicted molar refractivity (Wildman–Crippen MR) is 97.4 cm³/mol. The zero-order chi connectivity index (χ0) is 18.0. The Hall–Kier alpha value is -1.39. The van der Waals surface area contributed by atoms with Crippen molar-refractivity contribution in [1.82, 2.24) is 15.1 Å². The number of sulfone groups is 1. The van der Waals surface area contributed by atoms with E-state index in [1.165, 1.54) is 23.1 Å². The summed E-state index contributed by atoms with van der Waals surface area (Å²) in [5.41, 5.74) is 0. The highest BCUT2D eigenvalue weighted by molar-refractivity contribution is 8.00. The van der Waals surface area contributed by atoms with Crippen LogP contribution in [0.4, 0.5) is 0 Å². The van der Waals surface area contributed by atoms with E-state index in [1.54, 1.807) is 11.8 Å². The molecule has 3 heterocycles. The van der Waals surface area contributed by atoms with Crippen molar-refractivity contribution in [2.45, 2.75) is 36.8 Å². The van der Waals surface area contributed by atoms with Gasteiger partial charge in [-0.25, -0.2) is 8.42 Å². The summed E-state index contributed by atoms with van der Waals surface area (Å²) < 4.78 is 29.0. The average molecular weight is 402 g/mol. The summed E-state index contributed by atoms with van der Waals surface area (Å²) in [6, 6.07) is 3.55. The fraction of sp³-hybridized carbons (Fsp3) is 0.533. The van der Waals surface area contributed by atoms with Crippen LogP contribution in [0.25, 0.3) is 10.8 Å². The zero-order valence-corrected chi connectivity index (χ0v) is 16.4. The van der Waals surface area contributed by atoms with Crippen LogP contribution >= 0.6 is 23.1 Å². The van der Waals surface area contributed by atoms with Gasteiger partial charge < -0.3 is 9.32 Å². The molecule has 0 aromatic carbocycles. The van der Waals surface area contributed by atoms with Crippen molar-refractivity contribution in [3.05, 3.63) is 17.5 Å². The second kappa shape index (κ2) is 7.46. The topological polar surface area (TPSA) is 93.4 Å². The van der Waals surface area contributed by atoms with Gasteiger partial charge in [-0.2, -0.15) is 0 Å². The Morgan fingerprint density at radius 3 is 2.92 bits per heavy atom. The number of carbonyl (C=O) groups excluding carboxylic acids is 1. The summed E-state index contributed by atoms with van der Waals surface area (Å²) in [5.74, 6) is 0.529. The Labute approximate surface area is 154 Å². The normalized spacial score (nSPS) is 20.5. The molecule has 25 heavy (non-hydrogen) atoms. The summed E-state index contributed by atoms with van der Waals surface area (Å²) in [5, 5.41) is 9.81. The number of nitrogens with zero attached hydrogens (tertiary/aromatic N) is 3. The molecule has 2 atom stereocenters. The van der Waals surface area contributed by atoms with E-state index in [0.717, 1.165) is 4.88 Å². The summed E-state index contributed by atoms with van der Waals surface area (Å²) in [4.78, 5) is 15.3. The molecular formula is C15H19N3O4S3. The lowest BCUT2D eigenvalue weighted by Gasteiger charge is -2.28. The molecule has 10 heteroatoms. The van der Waals surface area contributed by atoms with Gasteiger partial charge in [-0.05, 0) is 31.7 Å². The molecule has 3 rings (SSSR count). The molecule has 0 N–H and O–H groups in total. The second-order valence-electron chi connectivity index (χ2n) is 5.79. The van der Waals surface area contributed by atoms with Crippen molar-refractivity contribution in [2.24, 2.45) is 0 Å². The summed E-state index contributed by atoms with van der Waals surface area (Å²) in [6.45, 7) is 4.12. The molecule has 0 bridgehead atoms. The lowest BCUT2D eigenvalue weighted by molar-refractivity contribution is -0.131. The molecule has 0 saturated carbocycles. The maximum Gasteiger partial charge on any atom is 0.277 e. The quantitative estimate of drug-likeness (QED) is 0.686. The van der Waals surface area contributed by atoms with Crippen LogP contribution in [0.2, 0.25) is 0 Å². The molecule has 136 valence electrons. The van der Waals surface area contributed by atoms with E-state index >= 15 is 0 Å².